The summed E-state index contributed by atoms with van der Waals surface area (Å²) in [5, 5.41) is 0. The fraction of sp³-hybridized carbons (Fsp3) is 0.733. The number of aromatic nitrogens is 1. The summed E-state index contributed by atoms with van der Waals surface area (Å²) >= 11 is 3.34. The van der Waals surface area contributed by atoms with E-state index < -0.39 is 23.5 Å². The third-order valence-electron chi connectivity index (χ3n) is 3.38. The molecule has 1 aliphatic heterocycles. The number of carbonyl (C=O) groups is 1. The second-order valence-electron chi connectivity index (χ2n) is 6.96. The lowest BCUT2D eigenvalue weighted by molar-refractivity contribution is -0.0760. The van der Waals surface area contributed by atoms with Crippen LogP contribution in [0.3, 0.4) is 0 Å². The summed E-state index contributed by atoms with van der Waals surface area (Å²) in [6, 6.07) is -0.435. The Balaban J connectivity index is 2.39. The average Bonchev–Trinajstić information content (AvgIpc) is 2.73. The van der Waals surface area contributed by atoms with Crippen molar-refractivity contribution in [3.63, 3.8) is 0 Å². The number of rotatable bonds is 1. The van der Waals surface area contributed by atoms with Gasteiger partial charge in [-0.15, -0.1) is 0 Å². The number of aryl methyl sites for hydroxylation is 1. The van der Waals surface area contributed by atoms with Crippen LogP contribution in [0.25, 0.3) is 0 Å². The normalized spacial score (nSPS) is 24.6. The number of hydrogen-bond acceptors (Lipinski definition) is 5. The van der Waals surface area contributed by atoms with Gasteiger partial charge in [0.15, 0.2) is 0 Å². The quantitative estimate of drug-likeness (QED) is 0.737. The zero-order valence-corrected chi connectivity index (χ0v) is 15.6. The largest absolute Gasteiger partial charge is 0.444 e. The van der Waals surface area contributed by atoms with Gasteiger partial charge in [0.2, 0.25) is 5.89 Å². The Morgan fingerprint density at radius 3 is 2.45 bits per heavy atom. The molecular weight excluding hydrogens is 352 g/mol. The number of nitrogens with zero attached hydrogens (tertiary/aromatic N) is 2. The van der Waals surface area contributed by atoms with Crippen molar-refractivity contribution >= 4 is 22.0 Å². The van der Waals surface area contributed by atoms with Crippen molar-refractivity contribution in [3.8, 4) is 0 Å². The van der Waals surface area contributed by atoms with Crippen LogP contribution in [0.5, 0.6) is 0 Å². The van der Waals surface area contributed by atoms with Gasteiger partial charge in [0, 0.05) is 0 Å². The molecule has 1 fully saturated rings. The second kappa shape index (κ2) is 5.53. The molecule has 22 heavy (non-hydrogen) atoms. The van der Waals surface area contributed by atoms with Gasteiger partial charge in [0.25, 0.3) is 0 Å². The molecule has 2 heterocycles. The van der Waals surface area contributed by atoms with Gasteiger partial charge in [-0.1, -0.05) is 0 Å². The molecule has 1 amide bonds. The molecule has 0 bridgehead atoms. The monoisotopic (exact) mass is 374 g/mol. The Bertz CT molecular complexity index is 557. The standard InChI is InChI=1S/C15H23BrN2O4/c1-8-10(12-17-11(16)9(2)20-12)18(15(6,7)21-8)13(19)22-14(3,4)5/h8,10H,1-7H3. The van der Waals surface area contributed by atoms with E-state index in [9.17, 15) is 4.79 Å². The minimum absolute atomic E-state index is 0.257. The van der Waals surface area contributed by atoms with Gasteiger partial charge in [0.05, 0.1) is 6.10 Å². The van der Waals surface area contributed by atoms with Gasteiger partial charge in [-0.05, 0) is 64.4 Å². The maximum absolute atomic E-state index is 12.6. The van der Waals surface area contributed by atoms with Crippen molar-refractivity contribution in [2.24, 2.45) is 0 Å². The van der Waals surface area contributed by atoms with Crippen LogP contribution in [0.4, 0.5) is 4.79 Å². The van der Waals surface area contributed by atoms with Crippen LogP contribution in [0, 0.1) is 6.92 Å². The first-order valence-electron chi connectivity index (χ1n) is 7.25. The highest BCUT2D eigenvalue weighted by molar-refractivity contribution is 9.10. The molecule has 0 radical (unpaired) electrons. The van der Waals surface area contributed by atoms with Crippen molar-refractivity contribution in [1.82, 2.24) is 9.88 Å². The SMILES string of the molecule is Cc1oc(C2C(C)OC(C)(C)N2C(=O)OC(C)(C)C)nc1Br. The van der Waals surface area contributed by atoms with Gasteiger partial charge >= 0.3 is 6.09 Å². The van der Waals surface area contributed by atoms with Crippen LogP contribution in [-0.2, 0) is 9.47 Å². The molecule has 1 saturated heterocycles. The highest BCUT2D eigenvalue weighted by Crippen LogP contribution is 2.42. The summed E-state index contributed by atoms with van der Waals surface area (Å²) < 4.78 is 17.8. The highest BCUT2D eigenvalue weighted by atomic mass is 79.9. The molecular formula is C15H23BrN2O4. The molecule has 0 aliphatic carbocycles. The van der Waals surface area contributed by atoms with Crippen LogP contribution < -0.4 is 0 Å². The van der Waals surface area contributed by atoms with E-state index in [0.29, 0.717) is 16.3 Å². The summed E-state index contributed by atoms with van der Waals surface area (Å²) in [6.07, 6.45) is -0.703. The highest BCUT2D eigenvalue weighted by Gasteiger charge is 2.52. The van der Waals surface area contributed by atoms with E-state index in [4.69, 9.17) is 13.9 Å². The van der Waals surface area contributed by atoms with Crippen LogP contribution in [0.1, 0.15) is 59.2 Å². The molecule has 0 saturated carbocycles. The lowest BCUT2D eigenvalue weighted by Gasteiger charge is -2.34. The van der Waals surface area contributed by atoms with Gasteiger partial charge in [0.1, 0.15) is 27.7 Å². The zero-order chi connectivity index (χ0) is 16.9. The molecule has 6 nitrogen and oxygen atoms in total. The fourth-order valence-electron chi connectivity index (χ4n) is 2.60. The number of carbonyl (C=O) groups excluding carboxylic acids is 1. The van der Waals surface area contributed by atoms with Gasteiger partial charge in [-0.2, -0.15) is 0 Å². The van der Waals surface area contributed by atoms with E-state index in [0.717, 1.165) is 0 Å². The zero-order valence-electron chi connectivity index (χ0n) is 14.1. The number of ether oxygens (including phenoxy) is 2. The first-order valence-corrected chi connectivity index (χ1v) is 8.04. The molecule has 2 rings (SSSR count). The maximum Gasteiger partial charge on any atom is 0.413 e. The van der Waals surface area contributed by atoms with Crippen LogP contribution in [0.2, 0.25) is 0 Å². The van der Waals surface area contributed by atoms with Gasteiger partial charge < -0.3 is 13.9 Å². The molecule has 1 aromatic heterocycles. The molecule has 7 heteroatoms. The second-order valence-corrected chi connectivity index (χ2v) is 7.72. The summed E-state index contributed by atoms with van der Waals surface area (Å²) in [5.41, 5.74) is -1.39. The third kappa shape index (κ3) is 3.30. The van der Waals surface area contributed by atoms with Crippen molar-refractivity contribution < 1.29 is 18.7 Å². The maximum atomic E-state index is 12.6. The Kier molecular flexibility index (Phi) is 4.34. The van der Waals surface area contributed by atoms with Crippen LogP contribution in [0.15, 0.2) is 9.02 Å². The Hall–Kier alpha value is -1.08. The van der Waals surface area contributed by atoms with Crippen LogP contribution >= 0.6 is 15.9 Å². The molecule has 0 aromatic carbocycles. The first-order chi connectivity index (χ1) is 9.92. The van der Waals surface area contributed by atoms with E-state index in [1.807, 2.05) is 48.5 Å². The van der Waals surface area contributed by atoms with E-state index in [2.05, 4.69) is 20.9 Å². The molecule has 124 valence electrons. The van der Waals surface area contributed by atoms with Gasteiger partial charge in [-0.25, -0.2) is 9.78 Å². The first kappa shape index (κ1) is 17.3. The van der Waals surface area contributed by atoms with E-state index >= 15 is 0 Å². The van der Waals surface area contributed by atoms with Crippen molar-refractivity contribution in [2.45, 2.75) is 71.9 Å². The lowest BCUT2D eigenvalue weighted by Crippen LogP contribution is -2.47. The number of amides is 1. The van der Waals surface area contributed by atoms with E-state index in [-0.39, 0.29) is 6.10 Å². The molecule has 0 N–H and O–H groups in total. The summed E-state index contributed by atoms with van der Waals surface area (Å²) in [7, 11) is 0. The molecule has 2 atom stereocenters. The van der Waals surface area contributed by atoms with Crippen molar-refractivity contribution in [3.05, 3.63) is 16.3 Å². The third-order valence-corrected chi connectivity index (χ3v) is 4.11. The smallest absolute Gasteiger partial charge is 0.413 e. The number of halogens is 1. The fourth-order valence-corrected chi connectivity index (χ4v) is 2.86. The number of hydrogen-bond donors (Lipinski definition) is 0. The molecule has 1 aliphatic rings. The summed E-state index contributed by atoms with van der Waals surface area (Å²) in [5.74, 6) is 1.10. The van der Waals surface area contributed by atoms with Gasteiger partial charge in [-0.3, -0.25) is 4.90 Å². The Morgan fingerprint density at radius 2 is 2.00 bits per heavy atom. The van der Waals surface area contributed by atoms with Crippen molar-refractivity contribution in [1.29, 1.82) is 0 Å². The average molecular weight is 375 g/mol. The van der Waals surface area contributed by atoms with E-state index in [1.165, 1.54) is 0 Å². The Labute approximate surface area is 139 Å². The summed E-state index contributed by atoms with van der Waals surface area (Å²) in [6.45, 7) is 12.9. The number of oxazole rings is 1. The predicted octanol–water partition coefficient (Wildman–Crippen LogP) is 4.18. The molecule has 0 spiro atoms. The lowest BCUT2D eigenvalue weighted by atomic mass is 10.1. The topological polar surface area (TPSA) is 64.8 Å². The Morgan fingerprint density at radius 1 is 1.41 bits per heavy atom. The summed E-state index contributed by atoms with van der Waals surface area (Å²) in [4.78, 5) is 18.6. The van der Waals surface area contributed by atoms with Crippen LogP contribution in [-0.4, -0.2) is 33.4 Å². The van der Waals surface area contributed by atoms with Crippen molar-refractivity contribution in [2.75, 3.05) is 0 Å². The van der Waals surface area contributed by atoms with E-state index in [1.54, 1.807) is 4.90 Å². The minimum atomic E-state index is -0.804. The minimum Gasteiger partial charge on any atom is -0.444 e. The molecule has 1 aromatic rings. The predicted molar refractivity (Wildman–Crippen MR) is 84.4 cm³/mol. The molecule has 2 unspecified atom stereocenters.